The van der Waals surface area contributed by atoms with Gasteiger partial charge >= 0.3 is 12.2 Å². The number of carbonyl (C=O) groups excluding carboxylic acids is 1. The van der Waals surface area contributed by atoms with Crippen LogP contribution in [0.4, 0.5) is 5.69 Å². The Morgan fingerprint density at radius 3 is 2.00 bits per heavy atom. The van der Waals surface area contributed by atoms with E-state index in [4.69, 9.17) is 4.74 Å². The average Bonchev–Trinajstić information content (AvgIpc) is 2.67. The predicted molar refractivity (Wildman–Crippen MR) is 97.4 cm³/mol. The minimum absolute atomic E-state index is 0.348. The van der Waals surface area contributed by atoms with Crippen LogP contribution >= 0.6 is 0 Å². The third-order valence-electron chi connectivity index (χ3n) is 3.93. The molecule has 0 saturated heterocycles. The molecule has 1 atom stereocenters. The molecule has 1 heterocycles. The fourth-order valence-electron chi connectivity index (χ4n) is 2.55. The van der Waals surface area contributed by atoms with Gasteiger partial charge in [0.25, 0.3) is 0 Å². The smallest absolute Gasteiger partial charge is 0.343 e. The highest BCUT2D eigenvalue weighted by Crippen LogP contribution is 2.17. The fourth-order valence-corrected chi connectivity index (χ4v) is 2.55. The van der Waals surface area contributed by atoms with E-state index in [9.17, 15) is 4.79 Å². The highest BCUT2D eigenvalue weighted by Gasteiger charge is 2.26. The Hall–Kier alpha value is -3.14. The normalized spacial score (nSPS) is 11.6. The van der Waals surface area contributed by atoms with Gasteiger partial charge in [0.05, 0.1) is 11.1 Å². The molecule has 0 spiro atoms. The van der Waals surface area contributed by atoms with Gasteiger partial charge in [0.1, 0.15) is 0 Å². The lowest BCUT2D eigenvalue weighted by molar-refractivity contribution is -0.746. The molecule has 0 radical (unpaired) electrons. The molecule has 0 aliphatic heterocycles. The Morgan fingerprint density at radius 2 is 1.44 bits per heavy atom. The van der Waals surface area contributed by atoms with Crippen LogP contribution < -0.4 is 9.47 Å². The molecule has 4 heteroatoms. The summed E-state index contributed by atoms with van der Waals surface area (Å²) in [6, 6.07) is 22.7. The lowest BCUT2D eigenvalue weighted by atomic mass is 10.2. The van der Waals surface area contributed by atoms with Crippen molar-refractivity contribution in [3.8, 4) is 0 Å². The number of aromatic nitrogens is 1. The zero-order chi connectivity index (χ0) is 17.6. The Bertz CT molecular complexity index is 816. The molecule has 1 aromatic heterocycles. The van der Waals surface area contributed by atoms with Crippen LogP contribution in [0.1, 0.15) is 22.1 Å². The first kappa shape index (κ1) is 16.7. The molecule has 0 aliphatic carbocycles. The van der Waals surface area contributed by atoms with E-state index in [1.54, 1.807) is 12.1 Å². The average molecular weight is 333 g/mol. The molecular weight excluding hydrogens is 312 g/mol. The summed E-state index contributed by atoms with van der Waals surface area (Å²) in [4.78, 5) is 14.6. The van der Waals surface area contributed by atoms with Crippen molar-refractivity contribution in [1.29, 1.82) is 0 Å². The maximum atomic E-state index is 12.5. The van der Waals surface area contributed by atoms with Gasteiger partial charge in [-0.2, -0.15) is 4.57 Å². The van der Waals surface area contributed by atoms with E-state index in [-0.39, 0.29) is 5.97 Å². The van der Waals surface area contributed by atoms with Crippen LogP contribution in [0.15, 0.2) is 85.2 Å². The van der Waals surface area contributed by atoms with Crippen LogP contribution in [0.5, 0.6) is 0 Å². The topological polar surface area (TPSA) is 33.4 Å². The first-order valence-corrected chi connectivity index (χ1v) is 8.14. The van der Waals surface area contributed by atoms with Crippen molar-refractivity contribution >= 4 is 11.7 Å². The first-order chi connectivity index (χ1) is 12.1. The van der Waals surface area contributed by atoms with Gasteiger partial charge in [-0.05, 0) is 24.3 Å². The van der Waals surface area contributed by atoms with Gasteiger partial charge in [-0.3, -0.25) is 0 Å². The number of carbonyl (C=O) groups is 1. The van der Waals surface area contributed by atoms with Crippen molar-refractivity contribution in [3.05, 3.63) is 96.3 Å². The summed E-state index contributed by atoms with van der Waals surface area (Å²) >= 11 is 0. The second-order valence-corrected chi connectivity index (χ2v) is 5.93. The molecule has 1 unspecified atom stereocenters. The molecule has 0 saturated carbocycles. The number of nitrogens with zero attached hydrogens (tertiary/aromatic N) is 2. The van der Waals surface area contributed by atoms with Crippen molar-refractivity contribution in [2.24, 2.45) is 0 Å². The number of ether oxygens (including phenoxy) is 1. The van der Waals surface area contributed by atoms with Crippen LogP contribution in [0, 0.1) is 0 Å². The number of benzene rings is 2. The summed E-state index contributed by atoms with van der Waals surface area (Å²) in [6.45, 7) is 0. The molecule has 4 nitrogen and oxygen atoms in total. The lowest BCUT2D eigenvalue weighted by Gasteiger charge is -2.15. The van der Waals surface area contributed by atoms with Crippen molar-refractivity contribution in [2.75, 3.05) is 19.0 Å². The molecule has 0 bridgehead atoms. The molecular formula is C21H21N2O2+. The third kappa shape index (κ3) is 4.04. The Morgan fingerprint density at radius 1 is 0.880 bits per heavy atom. The number of hydrogen-bond donors (Lipinski definition) is 0. The van der Waals surface area contributed by atoms with Gasteiger partial charge in [0.15, 0.2) is 12.4 Å². The van der Waals surface area contributed by atoms with Crippen molar-refractivity contribution in [3.63, 3.8) is 0 Å². The molecule has 0 fully saturated rings. The van der Waals surface area contributed by atoms with E-state index in [1.807, 2.05) is 96.6 Å². The Balaban J connectivity index is 1.92. The lowest BCUT2D eigenvalue weighted by Crippen LogP contribution is -2.42. The largest absolute Gasteiger partial charge is 0.395 e. The van der Waals surface area contributed by atoms with Crippen LogP contribution in [0.3, 0.4) is 0 Å². The Labute approximate surface area is 147 Å². The molecule has 3 rings (SSSR count). The fraction of sp³-hybridized carbons (Fsp3) is 0.143. The SMILES string of the molecule is CN(C)c1cc[n+](C(OC(=O)c2ccccc2)c2ccccc2)cc1. The van der Waals surface area contributed by atoms with Gasteiger partial charge in [-0.25, -0.2) is 4.79 Å². The van der Waals surface area contributed by atoms with E-state index < -0.39 is 6.23 Å². The van der Waals surface area contributed by atoms with E-state index in [0.717, 1.165) is 11.3 Å². The zero-order valence-electron chi connectivity index (χ0n) is 14.4. The molecule has 0 aliphatic rings. The number of hydrogen-bond acceptors (Lipinski definition) is 3. The summed E-state index contributed by atoms with van der Waals surface area (Å²) in [7, 11) is 3.98. The number of pyridine rings is 1. The molecule has 0 amide bonds. The van der Waals surface area contributed by atoms with Crippen molar-refractivity contribution in [1.82, 2.24) is 0 Å². The first-order valence-electron chi connectivity index (χ1n) is 8.14. The molecule has 2 aromatic carbocycles. The molecule has 126 valence electrons. The number of esters is 1. The minimum Gasteiger partial charge on any atom is -0.395 e. The van der Waals surface area contributed by atoms with Crippen LogP contribution in [-0.4, -0.2) is 20.1 Å². The second kappa shape index (κ2) is 7.62. The maximum absolute atomic E-state index is 12.5. The van der Waals surface area contributed by atoms with Crippen LogP contribution in [0.25, 0.3) is 0 Å². The summed E-state index contributed by atoms with van der Waals surface area (Å²) in [5, 5.41) is 0. The molecule has 0 N–H and O–H groups in total. The highest BCUT2D eigenvalue weighted by molar-refractivity contribution is 5.89. The predicted octanol–water partition coefficient (Wildman–Crippen LogP) is 3.44. The maximum Gasteiger partial charge on any atom is 0.343 e. The van der Waals surface area contributed by atoms with Gasteiger partial charge in [-0.15, -0.1) is 0 Å². The van der Waals surface area contributed by atoms with E-state index >= 15 is 0 Å². The summed E-state index contributed by atoms with van der Waals surface area (Å²) < 4.78 is 7.71. The standard InChI is InChI=1S/C21H21N2O2/c1-22(2)19-13-15-23(16-14-19)20(17-9-5-3-6-10-17)25-21(24)18-11-7-4-8-12-18/h3-16,20H,1-2H3/q+1. The van der Waals surface area contributed by atoms with Crippen molar-refractivity contribution < 1.29 is 14.1 Å². The quantitative estimate of drug-likeness (QED) is 0.530. The minimum atomic E-state index is -0.523. The van der Waals surface area contributed by atoms with Crippen molar-refractivity contribution in [2.45, 2.75) is 6.23 Å². The molecule has 3 aromatic rings. The summed E-state index contributed by atoms with van der Waals surface area (Å²) in [5.41, 5.74) is 2.53. The Kier molecular flexibility index (Phi) is 5.09. The summed E-state index contributed by atoms with van der Waals surface area (Å²) in [6.07, 6.45) is 3.32. The van der Waals surface area contributed by atoms with Gasteiger partial charge in [-0.1, -0.05) is 36.4 Å². The third-order valence-corrected chi connectivity index (χ3v) is 3.93. The van der Waals surface area contributed by atoms with E-state index in [1.165, 1.54) is 0 Å². The number of anilines is 1. The molecule has 25 heavy (non-hydrogen) atoms. The van der Waals surface area contributed by atoms with Crippen LogP contribution in [0.2, 0.25) is 0 Å². The van der Waals surface area contributed by atoms with Gasteiger partial charge < -0.3 is 9.64 Å². The monoisotopic (exact) mass is 333 g/mol. The summed E-state index contributed by atoms with van der Waals surface area (Å²) in [5.74, 6) is -0.348. The number of rotatable bonds is 5. The van der Waals surface area contributed by atoms with E-state index in [2.05, 4.69) is 0 Å². The van der Waals surface area contributed by atoms with Gasteiger partial charge in [0.2, 0.25) is 0 Å². The van der Waals surface area contributed by atoms with E-state index in [0.29, 0.717) is 5.56 Å². The van der Waals surface area contributed by atoms with Gasteiger partial charge in [0, 0.05) is 31.9 Å². The highest BCUT2D eigenvalue weighted by atomic mass is 16.6. The van der Waals surface area contributed by atoms with Crippen LogP contribution in [-0.2, 0) is 4.74 Å². The second-order valence-electron chi connectivity index (χ2n) is 5.93. The zero-order valence-corrected chi connectivity index (χ0v) is 14.4.